The number of hydrogen-bond donors (Lipinski definition) is 0. The lowest BCUT2D eigenvalue weighted by Crippen LogP contribution is -2.37. The number of benzene rings is 3. The van der Waals surface area contributed by atoms with Gasteiger partial charge in [-0.2, -0.15) is 4.31 Å². The smallest absolute Gasteiger partial charge is 0.268 e. The summed E-state index contributed by atoms with van der Waals surface area (Å²) < 4.78 is 27.5. The second kappa shape index (κ2) is 8.55. The van der Waals surface area contributed by atoms with Gasteiger partial charge in [-0.3, -0.25) is 25.0 Å². The summed E-state index contributed by atoms with van der Waals surface area (Å²) in [4.78, 5) is 34.0. The van der Waals surface area contributed by atoms with Crippen molar-refractivity contribution in [2.75, 3.05) is 4.31 Å². The molecule has 0 atom stereocenters. The highest BCUT2D eigenvalue weighted by atomic mass is 32.2. The van der Waals surface area contributed by atoms with Crippen LogP contribution in [0.1, 0.15) is 21.5 Å². The van der Waals surface area contributed by atoms with Gasteiger partial charge in [0.1, 0.15) is 0 Å². The fraction of sp³-hybridized carbons (Fsp3) is 0.0952. The Morgan fingerprint density at radius 3 is 1.94 bits per heavy atom. The molecule has 164 valence electrons. The molecule has 3 aromatic rings. The Bertz CT molecular complexity index is 1310. The van der Waals surface area contributed by atoms with Crippen LogP contribution in [0.4, 0.5) is 17.1 Å². The Balaban J connectivity index is 2.30. The number of nitrogens with zero attached hydrogens (tertiary/aromatic N) is 3. The summed E-state index contributed by atoms with van der Waals surface area (Å²) in [6.07, 6.45) is 0. The predicted molar refractivity (Wildman–Crippen MR) is 116 cm³/mol. The predicted octanol–water partition coefficient (Wildman–Crippen LogP) is 4.16. The first-order valence-corrected chi connectivity index (χ1v) is 10.6. The fourth-order valence-electron chi connectivity index (χ4n) is 3.05. The second-order valence-electron chi connectivity index (χ2n) is 6.86. The molecule has 11 heteroatoms. The highest BCUT2D eigenvalue weighted by molar-refractivity contribution is 7.93. The summed E-state index contributed by atoms with van der Waals surface area (Å²) in [5.74, 6) is -1.16. The molecule has 0 heterocycles. The van der Waals surface area contributed by atoms with Crippen molar-refractivity contribution in [1.29, 1.82) is 0 Å². The Labute approximate surface area is 183 Å². The van der Waals surface area contributed by atoms with Crippen molar-refractivity contribution in [3.63, 3.8) is 0 Å². The SMILES string of the molecule is Cc1cccc(N(C(=O)c2cc([N+](=O)[O-])cc([N+](=O)[O-])c2)S(=O)(=O)c2ccccc2)c1C. The van der Waals surface area contributed by atoms with Crippen LogP contribution in [0, 0.1) is 34.1 Å². The molecule has 0 aliphatic carbocycles. The number of rotatable bonds is 6. The van der Waals surface area contributed by atoms with Crippen molar-refractivity contribution >= 4 is 33.0 Å². The number of aryl methyl sites for hydroxylation is 1. The van der Waals surface area contributed by atoms with Crippen LogP contribution in [-0.4, -0.2) is 24.2 Å². The van der Waals surface area contributed by atoms with Crippen LogP contribution in [0.3, 0.4) is 0 Å². The highest BCUT2D eigenvalue weighted by Crippen LogP contribution is 2.32. The van der Waals surface area contributed by atoms with Gasteiger partial charge in [-0.05, 0) is 43.2 Å². The molecular weight excluding hydrogens is 438 g/mol. The van der Waals surface area contributed by atoms with Gasteiger partial charge in [0.05, 0.1) is 32.1 Å². The minimum atomic E-state index is -4.46. The molecule has 0 bridgehead atoms. The van der Waals surface area contributed by atoms with Crippen LogP contribution in [-0.2, 0) is 10.0 Å². The summed E-state index contributed by atoms with van der Waals surface area (Å²) in [6.45, 7) is 3.36. The van der Waals surface area contributed by atoms with Gasteiger partial charge < -0.3 is 0 Å². The Morgan fingerprint density at radius 2 is 1.41 bits per heavy atom. The van der Waals surface area contributed by atoms with Crippen molar-refractivity contribution in [3.05, 3.63) is 104 Å². The highest BCUT2D eigenvalue weighted by Gasteiger charge is 2.34. The molecule has 1 amide bonds. The standard InChI is InChI=1S/C21H17N3O7S/c1-14-7-6-10-20(15(14)2)22(32(30,31)19-8-4-3-5-9-19)21(25)16-11-17(23(26)27)13-18(12-16)24(28)29/h3-13H,1-2H3. The molecule has 0 saturated carbocycles. The van der Waals surface area contributed by atoms with E-state index < -0.39 is 42.7 Å². The number of hydrogen-bond acceptors (Lipinski definition) is 7. The van der Waals surface area contributed by atoms with E-state index in [1.807, 2.05) is 0 Å². The van der Waals surface area contributed by atoms with E-state index in [-0.39, 0.29) is 10.6 Å². The molecule has 0 aliphatic heterocycles. The molecule has 0 fully saturated rings. The Kier molecular flexibility index (Phi) is 6.03. The minimum absolute atomic E-state index is 0.0352. The van der Waals surface area contributed by atoms with Crippen molar-refractivity contribution in [2.45, 2.75) is 18.7 Å². The quantitative estimate of drug-likeness (QED) is 0.401. The normalized spacial score (nSPS) is 11.1. The third-order valence-electron chi connectivity index (χ3n) is 4.83. The monoisotopic (exact) mass is 455 g/mol. The lowest BCUT2D eigenvalue weighted by molar-refractivity contribution is -0.394. The molecule has 10 nitrogen and oxygen atoms in total. The zero-order valence-corrected chi connectivity index (χ0v) is 17.8. The zero-order valence-electron chi connectivity index (χ0n) is 17.0. The summed E-state index contributed by atoms with van der Waals surface area (Å²) in [7, 11) is -4.46. The first-order valence-electron chi connectivity index (χ1n) is 9.19. The molecule has 0 saturated heterocycles. The molecule has 0 radical (unpaired) electrons. The van der Waals surface area contributed by atoms with Crippen LogP contribution in [0.25, 0.3) is 0 Å². The van der Waals surface area contributed by atoms with E-state index in [9.17, 15) is 33.4 Å². The lowest BCUT2D eigenvalue weighted by atomic mass is 10.1. The topological polar surface area (TPSA) is 141 Å². The van der Waals surface area contributed by atoms with E-state index in [1.165, 1.54) is 30.3 Å². The average Bonchev–Trinajstić information content (AvgIpc) is 2.76. The van der Waals surface area contributed by atoms with Crippen LogP contribution in [0.2, 0.25) is 0 Å². The van der Waals surface area contributed by atoms with E-state index in [0.717, 1.165) is 12.1 Å². The molecular formula is C21H17N3O7S. The number of nitro benzene ring substituents is 2. The van der Waals surface area contributed by atoms with Crippen molar-refractivity contribution in [3.8, 4) is 0 Å². The molecule has 0 aliphatic rings. The van der Waals surface area contributed by atoms with Gasteiger partial charge >= 0.3 is 0 Å². The van der Waals surface area contributed by atoms with Gasteiger partial charge in [-0.25, -0.2) is 8.42 Å². The summed E-state index contributed by atoms with van der Waals surface area (Å²) >= 11 is 0. The van der Waals surface area contributed by atoms with Crippen LogP contribution in [0.5, 0.6) is 0 Å². The average molecular weight is 455 g/mol. The largest absolute Gasteiger partial charge is 0.277 e. The van der Waals surface area contributed by atoms with Gasteiger partial charge in [-0.15, -0.1) is 0 Å². The molecule has 0 unspecified atom stereocenters. The first kappa shape index (κ1) is 22.6. The van der Waals surface area contributed by atoms with Crippen molar-refractivity contribution in [2.24, 2.45) is 0 Å². The van der Waals surface area contributed by atoms with Gasteiger partial charge in [-0.1, -0.05) is 30.3 Å². The maximum Gasteiger partial charge on any atom is 0.277 e. The van der Waals surface area contributed by atoms with E-state index in [1.54, 1.807) is 32.0 Å². The third kappa shape index (κ3) is 4.18. The second-order valence-corrected chi connectivity index (χ2v) is 8.65. The number of nitro groups is 2. The minimum Gasteiger partial charge on any atom is -0.268 e. The van der Waals surface area contributed by atoms with E-state index in [2.05, 4.69) is 0 Å². The summed E-state index contributed by atoms with van der Waals surface area (Å²) in [6, 6.07) is 14.2. The van der Waals surface area contributed by atoms with E-state index >= 15 is 0 Å². The number of amides is 1. The first-order chi connectivity index (χ1) is 15.0. The lowest BCUT2D eigenvalue weighted by Gasteiger charge is -2.25. The van der Waals surface area contributed by atoms with Crippen LogP contribution >= 0.6 is 0 Å². The summed E-state index contributed by atoms with van der Waals surface area (Å²) in [5, 5.41) is 22.5. The molecule has 0 aromatic heterocycles. The maximum absolute atomic E-state index is 13.5. The maximum atomic E-state index is 13.5. The number of carbonyl (C=O) groups is 1. The Hall–Kier alpha value is -4.12. The van der Waals surface area contributed by atoms with Gasteiger partial charge in [0.25, 0.3) is 27.3 Å². The Morgan fingerprint density at radius 1 is 0.844 bits per heavy atom. The zero-order chi connectivity index (χ0) is 23.6. The molecule has 0 spiro atoms. The molecule has 3 aromatic carbocycles. The van der Waals surface area contributed by atoms with Crippen LogP contribution in [0.15, 0.2) is 71.6 Å². The van der Waals surface area contributed by atoms with E-state index in [4.69, 9.17) is 0 Å². The fourth-order valence-corrected chi connectivity index (χ4v) is 4.54. The number of non-ortho nitro benzene ring substituents is 2. The van der Waals surface area contributed by atoms with Crippen molar-refractivity contribution in [1.82, 2.24) is 0 Å². The van der Waals surface area contributed by atoms with Gasteiger partial charge in [0, 0.05) is 12.1 Å². The van der Waals surface area contributed by atoms with Gasteiger partial charge in [0.15, 0.2) is 0 Å². The molecule has 0 N–H and O–H groups in total. The van der Waals surface area contributed by atoms with Crippen LogP contribution < -0.4 is 4.31 Å². The summed E-state index contributed by atoms with van der Waals surface area (Å²) in [5.41, 5.74) is -0.700. The van der Waals surface area contributed by atoms with Crippen molar-refractivity contribution < 1.29 is 23.1 Å². The van der Waals surface area contributed by atoms with Gasteiger partial charge in [0.2, 0.25) is 0 Å². The third-order valence-corrected chi connectivity index (χ3v) is 6.54. The molecule has 3 rings (SSSR count). The number of anilines is 1. The number of sulfonamides is 1. The van der Waals surface area contributed by atoms with E-state index in [0.29, 0.717) is 21.5 Å². The molecule has 32 heavy (non-hydrogen) atoms. The number of carbonyl (C=O) groups excluding carboxylic acids is 1.